The summed E-state index contributed by atoms with van der Waals surface area (Å²) in [6.45, 7) is 6.74. The Morgan fingerprint density at radius 3 is 2.46 bits per heavy atom. The third-order valence-electron chi connectivity index (χ3n) is 4.38. The molecule has 0 bridgehead atoms. The maximum absolute atomic E-state index is 12.5. The predicted molar refractivity (Wildman–Crippen MR) is 112 cm³/mol. The van der Waals surface area contributed by atoms with Crippen molar-refractivity contribution < 1.29 is 14.0 Å². The molecule has 1 aromatic carbocycles. The van der Waals surface area contributed by atoms with Crippen LogP contribution in [0.15, 0.2) is 41.0 Å². The predicted octanol–water partition coefficient (Wildman–Crippen LogP) is 4.27. The summed E-state index contributed by atoms with van der Waals surface area (Å²) < 4.78 is 5.43. The van der Waals surface area contributed by atoms with Crippen LogP contribution in [0.1, 0.15) is 44.9 Å². The molecular formula is C22H31N3O3. The molecule has 2 amide bonds. The first kappa shape index (κ1) is 21.5. The molecule has 0 saturated heterocycles. The van der Waals surface area contributed by atoms with Crippen LogP contribution in [0, 0.1) is 5.92 Å². The maximum atomic E-state index is 12.5. The van der Waals surface area contributed by atoms with Gasteiger partial charge in [-0.05, 0) is 41.8 Å². The molecule has 0 saturated carbocycles. The molecule has 2 aromatic rings. The van der Waals surface area contributed by atoms with Crippen LogP contribution in [0.4, 0.5) is 11.4 Å². The van der Waals surface area contributed by atoms with Crippen LogP contribution in [0.25, 0.3) is 0 Å². The Balaban J connectivity index is 2.27. The number of nitrogens with zero attached hydrogens (tertiary/aromatic N) is 2. The van der Waals surface area contributed by atoms with Gasteiger partial charge in [0.1, 0.15) is 5.76 Å². The van der Waals surface area contributed by atoms with E-state index in [0.29, 0.717) is 31.8 Å². The Hall–Kier alpha value is -2.76. The minimum absolute atomic E-state index is 0.00405. The highest BCUT2D eigenvalue weighted by atomic mass is 16.3. The molecule has 152 valence electrons. The van der Waals surface area contributed by atoms with Crippen LogP contribution < -0.4 is 10.2 Å². The number of carbonyl (C=O) groups excluding carboxylic acids is 2. The number of benzene rings is 1. The van der Waals surface area contributed by atoms with Gasteiger partial charge in [-0.25, -0.2) is 0 Å². The van der Waals surface area contributed by atoms with Gasteiger partial charge < -0.3 is 19.5 Å². The minimum atomic E-state index is -0.00405. The fourth-order valence-electron chi connectivity index (χ4n) is 3.06. The Kier molecular flexibility index (Phi) is 7.67. The summed E-state index contributed by atoms with van der Waals surface area (Å²) in [7, 11) is 3.93. The zero-order valence-corrected chi connectivity index (χ0v) is 17.5. The average Bonchev–Trinajstić information content (AvgIpc) is 3.12. The highest BCUT2D eigenvalue weighted by Gasteiger charge is 2.17. The average molecular weight is 386 g/mol. The normalized spacial score (nSPS) is 10.8. The molecule has 1 aromatic heterocycles. The zero-order valence-electron chi connectivity index (χ0n) is 17.5. The highest BCUT2D eigenvalue weighted by Crippen LogP contribution is 2.26. The summed E-state index contributed by atoms with van der Waals surface area (Å²) in [5.41, 5.74) is 2.73. The largest absolute Gasteiger partial charge is 0.467 e. The van der Waals surface area contributed by atoms with Crippen LogP contribution in [-0.2, 0) is 22.7 Å². The van der Waals surface area contributed by atoms with Crippen molar-refractivity contribution in [2.75, 3.05) is 24.3 Å². The minimum Gasteiger partial charge on any atom is -0.467 e. The SMILES string of the molecule is CCC(=O)N(Cc1ccco1)Cc1cc(NC(=O)CC(C)C)ccc1N(C)C. The Labute approximate surface area is 167 Å². The summed E-state index contributed by atoms with van der Waals surface area (Å²) >= 11 is 0. The van der Waals surface area contributed by atoms with Gasteiger partial charge in [0.05, 0.1) is 12.8 Å². The van der Waals surface area contributed by atoms with E-state index in [4.69, 9.17) is 4.42 Å². The second-order valence-electron chi connectivity index (χ2n) is 7.57. The topological polar surface area (TPSA) is 65.8 Å². The van der Waals surface area contributed by atoms with Crippen molar-refractivity contribution >= 4 is 23.2 Å². The smallest absolute Gasteiger partial charge is 0.224 e. The summed E-state index contributed by atoms with van der Waals surface area (Å²) in [6, 6.07) is 9.51. The van der Waals surface area contributed by atoms with Crippen molar-refractivity contribution in [3.63, 3.8) is 0 Å². The van der Waals surface area contributed by atoms with Gasteiger partial charge in [0.15, 0.2) is 0 Å². The summed E-state index contributed by atoms with van der Waals surface area (Å²) in [5.74, 6) is 1.09. The van der Waals surface area contributed by atoms with Gasteiger partial charge in [-0.1, -0.05) is 20.8 Å². The number of hydrogen-bond acceptors (Lipinski definition) is 4. The lowest BCUT2D eigenvalue weighted by molar-refractivity contribution is -0.132. The second kappa shape index (κ2) is 9.97. The monoisotopic (exact) mass is 385 g/mol. The lowest BCUT2D eigenvalue weighted by atomic mass is 10.1. The molecule has 0 atom stereocenters. The molecule has 0 radical (unpaired) electrons. The van der Waals surface area contributed by atoms with Gasteiger partial charge in [0, 0.05) is 44.9 Å². The molecule has 0 fully saturated rings. The molecule has 6 nitrogen and oxygen atoms in total. The third kappa shape index (κ3) is 6.15. The first-order valence-electron chi connectivity index (χ1n) is 9.70. The van der Waals surface area contributed by atoms with Gasteiger partial charge in [-0.15, -0.1) is 0 Å². The lowest BCUT2D eigenvalue weighted by Gasteiger charge is -2.25. The molecular weight excluding hydrogens is 354 g/mol. The van der Waals surface area contributed by atoms with Crippen molar-refractivity contribution in [2.45, 2.75) is 46.7 Å². The van der Waals surface area contributed by atoms with Crippen LogP contribution in [0.3, 0.4) is 0 Å². The number of carbonyl (C=O) groups is 2. The molecule has 0 aliphatic heterocycles. The van der Waals surface area contributed by atoms with Crippen molar-refractivity contribution in [3.05, 3.63) is 47.9 Å². The van der Waals surface area contributed by atoms with Gasteiger partial charge in [0.25, 0.3) is 0 Å². The Bertz CT molecular complexity index is 782. The quantitative estimate of drug-likeness (QED) is 0.700. The highest BCUT2D eigenvalue weighted by molar-refractivity contribution is 5.91. The van der Waals surface area contributed by atoms with E-state index in [1.54, 1.807) is 11.2 Å². The standard InChI is InChI=1S/C22H31N3O3/c1-6-22(27)25(15-19-8-7-11-28-19)14-17-13-18(9-10-20(17)24(4)5)23-21(26)12-16(2)3/h7-11,13,16H,6,12,14-15H2,1-5H3,(H,23,26). The number of furan rings is 1. The molecule has 1 heterocycles. The molecule has 0 aliphatic rings. The van der Waals surface area contributed by atoms with Crippen molar-refractivity contribution in [3.8, 4) is 0 Å². The van der Waals surface area contributed by atoms with Crippen molar-refractivity contribution in [2.24, 2.45) is 5.92 Å². The number of amides is 2. The van der Waals surface area contributed by atoms with Crippen LogP contribution in [-0.4, -0.2) is 30.8 Å². The van der Waals surface area contributed by atoms with Gasteiger partial charge in [-0.2, -0.15) is 0 Å². The Morgan fingerprint density at radius 2 is 1.89 bits per heavy atom. The third-order valence-corrected chi connectivity index (χ3v) is 4.38. The molecule has 0 aliphatic carbocycles. The second-order valence-corrected chi connectivity index (χ2v) is 7.57. The summed E-state index contributed by atoms with van der Waals surface area (Å²) in [6.07, 6.45) is 2.51. The molecule has 6 heteroatoms. The number of hydrogen-bond donors (Lipinski definition) is 1. The van der Waals surface area contributed by atoms with Gasteiger partial charge in [-0.3, -0.25) is 9.59 Å². The number of anilines is 2. The van der Waals surface area contributed by atoms with E-state index in [2.05, 4.69) is 5.32 Å². The lowest BCUT2D eigenvalue weighted by Crippen LogP contribution is -2.30. The van der Waals surface area contributed by atoms with E-state index in [9.17, 15) is 9.59 Å². The molecule has 28 heavy (non-hydrogen) atoms. The summed E-state index contributed by atoms with van der Waals surface area (Å²) in [5, 5.41) is 2.96. The van der Waals surface area contributed by atoms with E-state index in [-0.39, 0.29) is 11.8 Å². The van der Waals surface area contributed by atoms with Gasteiger partial charge >= 0.3 is 0 Å². The van der Waals surface area contributed by atoms with Crippen molar-refractivity contribution in [1.82, 2.24) is 4.90 Å². The number of rotatable bonds is 9. The number of nitrogens with one attached hydrogen (secondary N) is 1. The van der Waals surface area contributed by atoms with E-state index in [1.807, 2.05) is 70.1 Å². The van der Waals surface area contributed by atoms with E-state index >= 15 is 0 Å². The fourth-order valence-corrected chi connectivity index (χ4v) is 3.06. The molecule has 1 N–H and O–H groups in total. The van der Waals surface area contributed by atoms with Crippen LogP contribution in [0.2, 0.25) is 0 Å². The fraction of sp³-hybridized carbons (Fsp3) is 0.455. The zero-order chi connectivity index (χ0) is 20.7. The first-order chi connectivity index (χ1) is 13.3. The molecule has 2 rings (SSSR count). The van der Waals surface area contributed by atoms with Crippen molar-refractivity contribution in [1.29, 1.82) is 0 Å². The van der Waals surface area contributed by atoms with E-state index < -0.39 is 0 Å². The molecule has 0 unspecified atom stereocenters. The first-order valence-corrected chi connectivity index (χ1v) is 9.70. The van der Waals surface area contributed by atoms with Crippen LogP contribution >= 0.6 is 0 Å². The van der Waals surface area contributed by atoms with Crippen LogP contribution in [0.5, 0.6) is 0 Å². The maximum Gasteiger partial charge on any atom is 0.224 e. The Morgan fingerprint density at radius 1 is 1.14 bits per heavy atom. The van der Waals surface area contributed by atoms with E-state index in [1.165, 1.54) is 0 Å². The van der Waals surface area contributed by atoms with Gasteiger partial charge in [0.2, 0.25) is 11.8 Å². The molecule has 0 spiro atoms. The summed E-state index contributed by atoms with van der Waals surface area (Å²) in [4.78, 5) is 28.4. The van der Waals surface area contributed by atoms with E-state index in [0.717, 1.165) is 22.7 Å².